The Morgan fingerprint density at radius 3 is 2.23 bits per heavy atom. The number of benzene rings is 1. The Hall–Kier alpha value is -2.31. The van der Waals surface area contributed by atoms with Crippen molar-refractivity contribution in [2.24, 2.45) is 0 Å². The van der Waals surface area contributed by atoms with E-state index in [1.807, 2.05) is 0 Å². The van der Waals surface area contributed by atoms with E-state index in [1.54, 1.807) is 0 Å². The molecule has 2 N–H and O–H groups in total. The molecule has 0 aromatic heterocycles. The van der Waals surface area contributed by atoms with Crippen molar-refractivity contribution in [2.45, 2.75) is 31.2 Å². The number of hydrogen-bond acceptors (Lipinski definition) is 4. The van der Waals surface area contributed by atoms with Gasteiger partial charge in [0, 0.05) is 6.07 Å². The number of ether oxygens (including phenoxy) is 2. The first kappa shape index (κ1) is 16.1. The summed E-state index contributed by atoms with van der Waals surface area (Å²) in [5, 5.41) is 11.8. The van der Waals surface area contributed by atoms with Crippen molar-refractivity contribution < 1.29 is 28.6 Å². The second kappa shape index (κ2) is 6.21. The van der Waals surface area contributed by atoms with Crippen LogP contribution >= 0.6 is 0 Å². The number of amides is 1. The maximum absolute atomic E-state index is 14.1. The molecule has 1 fully saturated rings. The number of halogens is 1. The van der Waals surface area contributed by atoms with Gasteiger partial charge in [-0.15, -0.1) is 0 Å². The lowest BCUT2D eigenvalue weighted by atomic mass is 9.97. The summed E-state index contributed by atoms with van der Waals surface area (Å²) >= 11 is 0. The molecule has 0 saturated heterocycles. The van der Waals surface area contributed by atoms with E-state index >= 15 is 0 Å². The van der Waals surface area contributed by atoms with E-state index < -0.39 is 23.2 Å². The molecular weight excluding hydrogens is 293 g/mol. The second-order valence-corrected chi connectivity index (χ2v) is 5.24. The van der Waals surface area contributed by atoms with Crippen LogP contribution in [-0.2, 0) is 4.79 Å². The van der Waals surface area contributed by atoms with Gasteiger partial charge in [-0.05, 0) is 18.9 Å². The smallest absolute Gasteiger partial charge is 0.329 e. The van der Waals surface area contributed by atoms with Gasteiger partial charge in [-0.1, -0.05) is 12.8 Å². The minimum absolute atomic E-state index is 0.158. The van der Waals surface area contributed by atoms with Gasteiger partial charge in [-0.3, -0.25) is 4.79 Å². The Morgan fingerprint density at radius 1 is 1.18 bits per heavy atom. The van der Waals surface area contributed by atoms with Gasteiger partial charge in [-0.2, -0.15) is 0 Å². The van der Waals surface area contributed by atoms with Crippen LogP contribution in [0.2, 0.25) is 0 Å². The average molecular weight is 311 g/mol. The Labute approximate surface area is 127 Å². The van der Waals surface area contributed by atoms with E-state index in [1.165, 1.54) is 20.3 Å². The van der Waals surface area contributed by atoms with E-state index in [4.69, 9.17) is 9.47 Å². The van der Waals surface area contributed by atoms with Gasteiger partial charge in [0.15, 0.2) is 11.5 Å². The number of aliphatic carboxylic acids is 1. The quantitative estimate of drug-likeness (QED) is 0.868. The summed E-state index contributed by atoms with van der Waals surface area (Å²) < 4.78 is 24.0. The van der Waals surface area contributed by atoms with E-state index in [9.17, 15) is 19.1 Å². The van der Waals surface area contributed by atoms with Gasteiger partial charge in [0.05, 0.1) is 19.8 Å². The lowest BCUT2D eigenvalue weighted by Gasteiger charge is -2.25. The molecule has 6 nitrogen and oxygen atoms in total. The van der Waals surface area contributed by atoms with Crippen molar-refractivity contribution in [3.63, 3.8) is 0 Å². The number of nitrogens with one attached hydrogen (secondary N) is 1. The minimum Gasteiger partial charge on any atom is -0.493 e. The normalized spacial score (nSPS) is 16.1. The van der Waals surface area contributed by atoms with E-state index in [0.717, 1.165) is 6.07 Å². The van der Waals surface area contributed by atoms with Crippen LogP contribution in [0.1, 0.15) is 36.0 Å². The summed E-state index contributed by atoms with van der Waals surface area (Å²) in [7, 11) is 2.72. The first-order valence-electron chi connectivity index (χ1n) is 6.91. The number of methoxy groups -OCH3 is 2. The zero-order valence-electron chi connectivity index (χ0n) is 12.4. The maximum atomic E-state index is 14.1. The Morgan fingerprint density at radius 2 is 1.73 bits per heavy atom. The van der Waals surface area contributed by atoms with Crippen LogP contribution in [0.5, 0.6) is 11.5 Å². The fourth-order valence-corrected chi connectivity index (χ4v) is 2.68. The molecule has 1 aromatic carbocycles. The van der Waals surface area contributed by atoms with Crippen molar-refractivity contribution in [1.82, 2.24) is 5.32 Å². The van der Waals surface area contributed by atoms with E-state index in [-0.39, 0.29) is 17.1 Å². The monoisotopic (exact) mass is 311 g/mol. The molecule has 7 heteroatoms. The third kappa shape index (κ3) is 2.84. The van der Waals surface area contributed by atoms with Crippen LogP contribution in [0.25, 0.3) is 0 Å². The van der Waals surface area contributed by atoms with Crippen molar-refractivity contribution in [3.05, 3.63) is 23.5 Å². The topological polar surface area (TPSA) is 84.9 Å². The molecule has 0 heterocycles. The van der Waals surface area contributed by atoms with Gasteiger partial charge in [-0.25, -0.2) is 9.18 Å². The molecule has 2 rings (SSSR count). The highest BCUT2D eigenvalue weighted by Crippen LogP contribution is 2.32. The lowest BCUT2D eigenvalue weighted by molar-refractivity contribution is -0.144. The third-order valence-corrected chi connectivity index (χ3v) is 3.94. The van der Waals surface area contributed by atoms with Gasteiger partial charge in [0.1, 0.15) is 11.4 Å². The number of carbonyl (C=O) groups is 2. The summed E-state index contributed by atoms with van der Waals surface area (Å²) in [6, 6.07) is 2.24. The molecule has 0 unspecified atom stereocenters. The van der Waals surface area contributed by atoms with Crippen molar-refractivity contribution >= 4 is 11.9 Å². The summed E-state index contributed by atoms with van der Waals surface area (Å²) in [5.41, 5.74) is -1.60. The summed E-state index contributed by atoms with van der Waals surface area (Å²) in [6.45, 7) is 0. The zero-order valence-corrected chi connectivity index (χ0v) is 12.4. The summed E-state index contributed by atoms with van der Waals surface area (Å²) in [5.74, 6) is -2.31. The molecular formula is C15H18FNO5. The standard InChI is InChI=1S/C15H18FNO5/c1-21-11-7-9(10(16)8-12(11)22-2)13(18)17-15(14(19)20)5-3-4-6-15/h7-8H,3-6H2,1-2H3,(H,17,18)(H,19,20). The molecule has 120 valence electrons. The Kier molecular flexibility index (Phi) is 4.54. The first-order chi connectivity index (χ1) is 10.4. The fraction of sp³-hybridized carbons (Fsp3) is 0.467. The highest BCUT2D eigenvalue weighted by atomic mass is 19.1. The van der Waals surface area contributed by atoms with Crippen LogP contribution in [0.3, 0.4) is 0 Å². The number of rotatable bonds is 5. The molecule has 1 aliphatic carbocycles. The molecule has 1 saturated carbocycles. The number of carbonyl (C=O) groups excluding carboxylic acids is 1. The van der Waals surface area contributed by atoms with Crippen LogP contribution in [0.4, 0.5) is 4.39 Å². The highest BCUT2D eigenvalue weighted by molar-refractivity contribution is 5.98. The van der Waals surface area contributed by atoms with Gasteiger partial charge in [0.25, 0.3) is 5.91 Å². The molecule has 0 spiro atoms. The number of carboxylic acid groups (broad SMARTS) is 1. The third-order valence-electron chi connectivity index (χ3n) is 3.94. The van der Waals surface area contributed by atoms with Crippen molar-refractivity contribution in [1.29, 1.82) is 0 Å². The Bertz CT molecular complexity index is 596. The van der Waals surface area contributed by atoms with Gasteiger partial charge in [0.2, 0.25) is 0 Å². The second-order valence-electron chi connectivity index (χ2n) is 5.24. The molecule has 0 atom stereocenters. The van der Waals surface area contributed by atoms with Crippen LogP contribution in [0, 0.1) is 5.82 Å². The predicted octanol–water partition coefficient (Wildman–Crippen LogP) is 1.97. The molecule has 0 aliphatic heterocycles. The molecule has 0 radical (unpaired) electrons. The largest absolute Gasteiger partial charge is 0.493 e. The lowest BCUT2D eigenvalue weighted by Crippen LogP contribution is -2.52. The van der Waals surface area contributed by atoms with Crippen LogP contribution < -0.4 is 14.8 Å². The number of carboxylic acids is 1. The minimum atomic E-state index is -1.32. The predicted molar refractivity (Wildman–Crippen MR) is 75.8 cm³/mol. The van der Waals surface area contributed by atoms with Crippen LogP contribution in [0.15, 0.2) is 12.1 Å². The maximum Gasteiger partial charge on any atom is 0.329 e. The molecule has 1 aliphatic rings. The average Bonchev–Trinajstić information content (AvgIpc) is 2.96. The van der Waals surface area contributed by atoms with E-state index in [0.29, 0.717) is 25.7 Å². The Balaban J connectivity index is 2.31. The zero-order chi connectivity index (χ0) is 16.3. The highest BCUT2D eigenvalue weighted by Gasteiger charge is 2.43. The van der Waals surface area contributed by atoms with Gasteiger partial charge < -0.3 is 19.9 Å². The SMILES string of the molecule is COc1cc(F)c(C(=O)NC2(C(=O)O)CCCC2)cc1OC. The fourth-order valence-electron chi connectivity index (χ4n) is 2.68. The van der Waals surface area contributed by atoms with E-state index in [2.05, 4.69) is 5.32 Å². The molecule has 0 bridgehead atoms. The molecule has 1 amide bonds. The molecule has 22 heavy (non-hydrogen) atoms. The van der Waals surface area contributed by atoms with Crippen molar-refractivity contribution in [3.8, 4) is 11.5 Å². The first-order valence-corrected chi connectivity index (χ1v) is 6.91. The summed E-state index contributed by atoms with van der Waals surface area (Å²) in [4.78, 5) is 23.7. The van der Waals surface area contributed by atoms with Crippen molar-refractivity contribution in [2.75, 3.05) is 14.2 Å². The van der Waals surface area contributed by atoms with Gasteiger partial charge >= 0.3 is 5.97 Å². The summed E-state index contributed by atoms with van der Waals surface area (Å²) in [6.07, 6.45) is 2.09. The molecule has 1 aromatic rings. The van der Waals surface area contributed by atoms with Crippen LogP contribution in [-0.4, -0.2) is 36.7 Å². The number of hydrogen-bond donors (Lipinski definition) is 2.